The van der Waals surface area contributed by atoms with Gasteiger partial charge in [-0.15, -0.1) is 0 Å². The van der Waals surface area contributed by atoms with Gasteiger partial charge in [-0.05, 0) is 42.0 Å². The highest BCUT2D eigenvalue weighted by Gasteiger charge is 2.27. The quantitative estimate of drug-likeness (QED) is 0.187. The molecule has 0 saturated carbocycles. The summed E-state index contributed by atoms with van der Waals surface area (Å²) in [5.74, 6) is -5.85. The third kappa shape index (κ3) is 7.92. The van der Waals surface area contributed by atoms with E-state index in [0.717, 1.165) is 16.7 Å². The number of halogens is 2. The van der Waals surface area contributed by atoms with Gasteiger partial charge in [0.05, 0.1) is 34.9 Å². The Balaban J connectivity index is 1.28. The van der Waals surface area contributed by atoms with Gasteiger partial charge in [-0.3, -0.25) is 23.7 Å². The molecule has 0 bridgehead atoms. The molecule has 4 N–H and O–H groups in total. The number of anilines is 2. The van der Waals surface area contributed by atoms with Gasteiger partial charge in [-0.25, -0.2) is 36.3 Å². The van der Waals surface area contributed by atoms with E-state index in [9.17, 15) is 37.5 Å². The molecule has 1 atom stereocenters. The predicted octanol–water partition coefficient (Wildman–Crippen LogP) is 2.49. The lowest BCUT2D eigenvalue weighted by atomic mass is 9.95. The van der Waals surface area contributed by atoms with Gasteiger partial charge < -0.3 is 20.5 Å². The van der Waals surface area contributed by atoms with E-state index in [4.69, 9.17) is 4.74 Å². The molecule has 0 unspecified atom stereocenters. The summed E-state index contributed by atoms with van der Waals surface area (Å²) in [4.78, 5) is 67.0. The van der Waals surface area contributed by atoms with Crippen molar-refractivity contribution in [3.8, 4) is 5.82 Å². The largest absolute Gasteiger partial charge is 0.480 e. The highest BCUT2D eigenvalue weighted by Crippen LogP contribution is 2.25. The van der Waals surface area contributed by atoms with Gasteiger partial charge in [0.1, 0.15) is 23.5 Å². The number of aromatic nitrogens is 3. The molecular weight excluding hydrogens is 706 g/mol. The Kier molecular flexibility index (Phi) is 10.4. The molecule has 4 aromatic rings. The fourth-order valence-electron chi connectivity index (χ4n) is 5.20. The third-order valence-corrected chi connectivity index (χ3v) is 9.53. The van der Waals surface area contributed by atoms with E-state index in [2.05, 4.69) is 15.6 Å². The van der Waals surface area contributed by atoms with E-state index in [-0.39, 0.29) is 35.2 Å². The Hall–Kier alpha value is -5.75. The molecule has 1 aliphatic rings. The number of ether oxygens (including phenoxy) is 1. The van der Waals surface area contributed by atoms with Crippen molar-refractivity contribution in [3.63, 3.8) is 0 Å². The van der Waals surface area contributed by atoms with Crippen LogP contribution in [0.4, 0.5) is 20.2 Å². The van der Waals surface area contributed by atoms with E-state index in [1.165, 1.54) is 42.1 Å². The molecule has 274 valence electrons. The van der Waals surface area contributed by atoms with Crippen LogP contribution in [0.3, 0.4) is 0 Å². The molecule has 0 saturated heterocycles. The molecule has 2 aromatic heterocycles. The van der Waals surface area contributed by atoms with Crippen molar-refractivity contribution >= 4 is 39.2 Å². The average molecular weight is 741 g/mol. The minimum atomic E-state index is -4.45. The lowest BCUT2D eigenvalue weighted by molar-refractivity contribution is -0.139. The van der Waals surface area contributed by atoms with Crippen LogP contribution >= 0.6 is 0 Å². The fraction of sp³-hybridized carbons (Fsp3) is 0.294. The number of nitrogens with one attached hydrogen (secondary N) is 3. The maximum Gasteiger partial charge on any atom is 0.336 e. The van der Waals surface area contributed by atoms with Gasteiger partial charge >= 0.3 is 11.7 Å². The van der Waals surface area contributed by atoms with Crippen molar-refractivity contribution in [2.24, 2.45) is 12.5 Å². The van der Waals surface area contributed by atoms with Gasteiger partial charge in [0.2, 0.25) is 5.91 Å². The Morgan fingerprint density at radius 3 is 2.35 bits per heavy atom. The summed E-state index contributed by atoms with van der Waals surface area (Å²) in [7, 11) is -2.93. The number of fused-ring (bicyclic) bond motifs is 1. The van der Waals surface area contributed by atoms with Crippen molar-refractivity contribution in [2.45, 2.75) is 51.2 Å². The maximum atomic E-state index is 15.1. The number of carboxylic acids is 1. The Morgan fingerprint density at radius 2 is 1.73 bits per heavy atom. The number of carbonyl (C=O) groups is 3. The second-order valence-electron chi connectivity index (χ2n) is 12.9. The molecule has 3 heterocycles. The smallest absolute Gasteiger partial charge is 0.336 e. The molecule has 1 aliphatic heterocycles. The average Bonchev–Trinajstić information content (AvgIpc) is 3.08. The summed E-state index contributed by atoms with van der Waals surface area (Å²) in [5, 5.41) is 14.5. The van der Waals surface area contributed by atoms with Crippen LogP contribution in [0.25, 0.3) is 5.82 Å². The third-order valence-electron chi connectivity index (χ3n) is 8.15. The minimum Gasteiger partial charge on any atom is -0.480 e. The summed E-state index contributed by atoms with van der Waals surface area (Å²) >= 11 is 0. The number of hydrogen-bond donors (Lipinski definition) is 4. The van der Waals surface area contributed by atoms with Crippen LogP contribution in [-0.2, 0) is 50.8 Å². The molecule has 15 nitrogen and oxygen atoms in total. The number of carboxylic acid groups (broad SMARTS) is 1. The number of hydrogen-bond acceptors (Lipinski definition) is 9. The summed E-state index contributed by atoms with van der Waals surface area (Å²) in [6.45, 7) is 5.48. The highest BCUT2D eigenvalue weighted by molar-refractivity contribution is 7.92. The van der Waals surface area contributed by atoms with Gasteiger partial charge in [0, 0.05) is 48.9 Å². The lowest BCUT2D eigenvalue weighted by Crippen LogP contribution is -2.43. The number of carbonyl (C=O) groups excluding carboxylic acids is 2. The monoisotopic (exact) mass is 740 g/mol. The van der Waals surface area contributed by atoms with Crippen molar-refractivity contribution in [1.29, 1.82) is 0 Å². The zero-order valence-electron chi connectivity index (χ0n) is 28.3. The van der Waals surface area contributed by atoms with Gasteiger partial charge in [-0.1, -0.05) is 26.8 Å². The normalized spacial score (nSPS) is 13.5. The first-order valence-electron chi connectivity index (χ1n) is 15.7. The summed E-state index contributed by atoms with van der Waals surface area (Å²) in [6.07, 6.45) is 1.22. The Labute approximate surface area is 295 Å². The maximum absolute atomic E-state index is 15.1. The van der Waals surface area contributed by atoms with Crippen LogP contribution in [0.5, 0.6) is 0 Å². The van der Waals surface area contributed by atoms with Crippen LogP contribution in [0.2, 0.25) is 0 Å². The van der Waals surface area contributed by atoms with Gasteiger partial charge in [0.15, 0.2) is 0 Å². The molecule has 0 radical (unpaired) electrons. The lowest BCUT2D eigenvalue weighted by Gasteiger charge is -2.20. The van der Waals surface area contributed by atoms with Crippen molar-refractivity contribution < 1.29 is 41.4 Å². The van der Waals surface area contributed by atoms with Crippen LogP contribution < -0.4 is 26.6 Å². The number of sulfonamides is 1. The van der Waals surface area contributed by atoms with Crippen LogP contribution in [0, 0.1) is 17.0 Å². The van der Waals surface area contributed by atoms with Gasteiger partial charge in [0.25, 0.3) is 21.5 Å². The van der Waals surface area contributed by atoms with Crippen molar-refractivity contribution in [1.82, 2.24) is 19.4 Å². The first-order valence-corrected chi connectivity index (χ1v) is 17.2. The van der Waals surface area contributed by atoms with Crippen LogP contribution in [0.1, 0.15) is 48.0 Å². The zero-order valence-corrected chi connectivity index (χ0v) is 29.1. The second kappa shape index (κ2) is 14.5. The molecule has 0 aliphatic carbocycles. The minimum absolute atomic E-state index is 0.0265. The van der Waals surface area contributed by atoms with Gasteiger partial charge in [-0.2, -0.15) is 0 Å². The molecule has 52 heavy (non-hydrogen) atoms. The van der Waals surface area contributed by atoms with E-state index in [0.29, 0.717) is 42.1 Å². The molecule has 2 aromatic carbocycles. The standard InChI is InChI=1S/C34H34F2N6O9S/c1-34(2,3)32(47)38-19-6-8-20(9-7-19)52(49,50)40-25-15-23(35)21(14-24(25)36)29(43)39-26(31(45)46)13-18-5-10-28(37-16-18)42-30(44)22-17-51-12-11-27(22)41(4)33(42)48/h5-10,14-16,26,40H,11-13,17H2,1-4H3,(H,38,47)(H,39,43)(H,45,46)/t26-/m0/s1. The van der Waals surface area contributed by atoms with Crippen molar-refractivity contribution in [2.75, 3.05) is 16.6 Å². The van der Waals surface area contributed by atoms with Crippen LogP contribution in [0.15, 0.2) is 69.2 Å². The van der Waals surface area contributed by atoms with E-state index < -0.39 is 67.5 Å². The first kappa shape index (κ1) is 37.5. The Bertz CT molecular complexity index is 2300. The predicted molar refractivity (Wildman–Crippen MR) is 183 cm³/mol. The number of rotatable bonds is 10. The van der Waals surface area contributed by atoms with Crippen LogP contribution in [-0.4, -0.2) is 58.1 Å². The molecule has 0 fully saturated rings. The summed E-state index contributed by atoms with van der Waals surface area (Å²) < 4.78 is 65.4. The molecule has 2 amide bonds. The highest BCUT2D eigenvalue weighted by atomic mass is 32.2. The number of pyridine rings is 1. The number of benzene rings is 2. The fourth-order valence-corrected chi connectivity index (χ4v) is 6.26. The first-order chi connectivity index (χ1) is 24.4. The van der Waals surface area contributed by atoms with E-state index in [1.807, 2.05) is 4.72 Å². The molecular formula is C34H34F2N6O9S. The topological polar surface area (TPSA) is 208 Å². The number of amides is 2. The van der Waals surface area contributed by atoms with E-state index in [1.54, 1.807) is 20.8 Å². The molecule has 0 spiro atoms. The molecule has 18 heteroatoms. The zero-order chi connectivity index (χ0) is 38.1. The summed E-state index contributed by atoms with van der Waals surface area (Å²) in [6, 6.07) is 6.86. The Morgan fingerprint density at radius 1 is 1.04 bits per heavy atom. The number of nitrogens with zero attached hydrogens (tertiary/aromatic N) is 3. The summed E-state index contributed by atoms with van der Waals surface area (Å²) in [5.41, 5.74) is -2.21. The molecule has 5 rings (SSSR count). The van der Waals surface area contributed by atoms with Crippen molar-refractivity contribution in [3.05, 3.63) is 110 Å². The number of aliphatic carboxylic acids is 1. The van der Waals surface area contributed by atoms with E-state index >= 15 is 8.78 Å². The second-order valence-corrected chi connectivity index (χ2v) is 14.6. The SMILES string of the molecule is Cn1c2c(c(=O)n(-c3ccc(C[C@H](NC(=O)c4cc(F)c(NS(=O)(=O)c5ccc(NC(=O)C(C)(C)C)cc5)cc4F)C(=O)O)cn3)c1=O)COCC2.